The highest BCUT2D eigenvalue weighted by Crippen LogP contribution is 2.02. The molecule has 1 heterocycles. The standard InChI is InChI=1S/C18H27N5/c1-3-19-18(21-13-11-17-14-22-23(2)15-17)20-12-7-10-16-8-5-4-6-9-16/h4-6,8-9,14-15H,3,7,10-13H2,1-2H3,(H2,19,20,21). The molecular weight excluding hydrogens is 286 g/mol. The Morgan fingerprint density at radius 1 is 1.13 bits per heavy atom. The van der Waals surface area contributed by atoms with Gasteiger partial charge in [0.15, 0.2) is 5.96 Å². The van der Waals surface area contributed by atoms with Crippen molar-refractivity contribution in [3.05, 3.63) is 53.9 Å². The van der Waals surface area contributed by atoms with Gasteiger partial charge in [0.05, 0.1) is 6.20 Å². The lowest BCUT2D eigenvalue weighted by molar-refractivity contribution is 0.763. The van der Waals surface area contributed by atoms with Crippen LogP contribution in [0.1, 0.15) is 24.5 Å². The lowest BCUT2D eigenvalue weighted by atomic mass is 10.1. The number of aromatic nitrogens is 2. The van der Waals surface area contributed by atoms with Crippen molar-refractivity contribution in [3.8, 4) is 0 Å². The van der Waals surface area contributed by atoms with Gasteiger partial charge in [0.2, 0.25) is 0 Å². The summed E-state index contributed by atoms with van der Waals surface area (Å²) in [4.78, 5) is 4.64. The summed E-state index contributed by atoms with van der Waals surface area (Å²) < 4.78 is 1.83. The third-order valence-electron chi connectivity index (χ3n) is 3.55. The number of guanidine groups is 1. The van der Waals surface area contributed by atoms with Crippen LogP contribution in [-0.4, -0.2) is 35.4 Å². The summed E-state index contributed by atoms with van der Waals surface area (Å²) >= 11 is 0. The van der Waals surface area contributed by atoms with Crippen molar-refractivity contribution in [3.63, 3.8) is 0 Å². The molecule has 0 aliphatic heterocycles. The number of nitrogens with one attached hydrogen (secondary N) is 2. The highest BCUT2D eigenvalue weighted by molar-refractivity contribution is 5.79. The van der Waals surface area contributed by atoms with E-state index in [2.05, 4.69) is 58.0 Å². The molecule has 0 radical (unpaired) electrons. The van der Waals surface area contributed by atoms with E-state index in [9.17, 15) is 0 Å². The Kier molecular flexibility index (Phi) is 7.17. The van der Waals surface area contributed by atoms with Crippen LogP contribution in [0.5, 0.6) is 0 Å². The molecular formula is C18H27N5. The summed E-state index contributed by atoms with van der Waals surface area (Å²) in [5.41, 5.74) is 2.61. The SMILES string of the molecule is CCNC(=NCCCc1ccccc1)NCCc1cnn(C)c1. The van der Waals surface area contributed by atoms with Gasteiger partial charge < -0.3 is 10.6 Å². The Labute approximate surface area is 138 Å². The number of aliphatic imine (C=N–C) groups is 1. The smallest absolute Gasteiger partial charge is 0.191 e. The maximum absolute atomic E-state index is 4.64. The van der Waals surface area contributed by atoms with E-state index >= 15 is 0 Å². The average molecular weight is 313 g/mol. The summed E-state index contributed by atoms with van der Waals surface area (Å²) in [6.07, 6.45) is 7.03. The fourth-order valence-electron chi connectivity index (χ4n) is 2.39. The number of hydrogen-bond acceptors (Lipinski definition) is 2. The van der Waals surface area contributed by atoms with E-state index in [-0.39, 0.29) is 0 Å². The predicted octanol–water partition coefficient (Wildman–Crippen LogP) is 2.15. The highest BCUT2D eigenvalue weighted by atomic mass is 15.2. The van der Waals surface area contributed by atoms with Crippen LogP contribution in [0.25, 0.3) is 0 Å². The molecule has 124 valence electrons. The van der Waals surface area contributed by atoms with Crippen LogP contribution in [0.3, 0.4) is 0 Å². The minimum atomic E-state index is 0.830. The van der Waals surface area contributed by atoms with Gasteiger partial charge in [0.25, 0.3) is 0 Å². The molecule has 5 heteroatoms. The molecule has 0 aliphatic rings. The zero-order chi connectivity index (χ0) is 16.3. The molecule has 0 aliphatic carbocycles. The Bertz CT molecular complexity index is 588. The molecule has 2 aromatic rings. The number of nitrogens with zero attached hydrogens (tertiary/aromatic N) is 3. The number of hydrogen-bond donors (Lipinski definition) is 2. The molecule has 2 rings (SSSR count). The van der Waals surface area contributed by atoms with E-state index in [1.807, 2.05) is 24.1 Å². The fourth-order valence-corrected chi connectivity index (χ4v) is 2.39. The molecule has 0 amide bonds. The van der Waals surface area contributed by atoms with Gasteiger partial charge in [-0.1, -0.05) is 30.3 Å². The lowest BCUT2D eigenvalue weighted by Crippen LogP contribution is -2.38. The number of rotatable bonds is 8. The first kappa shape index (κ1) is 17.1. The molecule has 0 saturated heterocycles. The molecule has 2 N–H and O–H groups in total. The van der Waals surface area contributed by atoms with E-state index in [1.54, 1.807) is 0 Å². The summed E-state index contributed by atoms with van der Waals surface area (Å²) in [6.45, 7) is 4.65. The van der Waals surface area contributed by atoms with Gasteiger partial charge in [0.1, 0.15) is 0 Å². The zero-order valence-corrected chi connectivity index (χ0v) is 14.1. The van der Waals surface area contributed by atoms with Crippen LogP contribution in [0.15, 0.2) is 47.7 Å². The molecule has 0 saturated carbocycles. The van der Waals surface area contributed by atoms with E-state index in [0.717, 1.165) is 44.9 Å². The maximum Gasteiger partial charge on any atom is 0.191 e. The fraction of sp³-hybridized carbons (Fsp3) is 0.444. The molecule has 1 aromatic carbocycles. The zero-order valence-electron chi connectivity index (χ0n) is 14.1. The maximum atomic E-state index is 4.64. The largest absolute Gasteiger partial charge is 0.357 e. The van der Waals surface area contributed by atoms with Crippen molar-refractivity contribution in [2.24, 2.45) is 12.0 Å². The summed E-state index contributed by atoms with van der Waals surface area (Å²) in [7, 11) is 1.94. The van der Waals surface area contributed by atoms with Gasteiger partial charge in [-0.25, -0.2) is 0 Å². The van der Waals surface area contributed by atoms with E-state index in [0.29, 0.717) is 0 Å². The first-order valence-electron chi connectivity index (χ1n) is 8.31. The minimum absolute atomic E-state index is 0.830. The second-order valence-corrected chi connectivity index (χ2v) is 5.55. The summed E-state index contributed by atoms with van der Waals surface area (Å²) in [6, 6.07) is 10.6. The molecule has 0 fully saturated rings. The lowest BCUT2D eigenvalue weighted by Gasteiger charge is -2.10. The molecule has 23 heavy (non-hydrogen) atoms. The van der Waals surface area contributed by atoms with Gasteiger partial charge in [-0.2, -0.15) is 5.10 Å². The predicted molar refractivity (Wildman–Crippen MR) is 95.7 cm³/mol. The normalized spacial score (nSPS) is 11.5. The average Bonchev–Trinajstić information content (AvgIpc) is 2.98. The third-order valence-corrected chi connectivity index (χ3v) is 3.55. The van der Waals surface area contributed by atoms with Gasteiger partial charge in [-0.15, -0.1) is 0 Å². The van der Waals surface area contributed by atoms with E-state index in [4.69, 9.17) is 0 Å². The monoisotopic (exact) mass is 313 g/mol. The van der Waals surface area contributed by atoms with Crippen LogP contribution in [0.2, 0.25) is 0 Å². The van der Waals surface area contributed by atoms with Crippen molar-refractivity contribution in [1.82, 2.24) is 20.4 Å². The Balaban J connectivity index is 1.71. The van der Waals surface area contributed by atoms with Crippen LogP contribution >= 0.6 is 0 Å². The van der Waals surface area contributed by atoms with E-state index < -0.39 is 0 Å². The van der Waals surface area contributed by atoms with Crippen LogP contribution in [0.4, 0.5) is 0 Å². The van der Waals surface area contributed by atoms with Crippen LogP contribution in [-0.2, 0) is 19.9 Å². The summed E-state index contributed by atoms with van der Waals surface area (Å²) in [5.74, 6) is 0.893. The molecule has 1 aromatic heterocycles. The van der Waals surface area contributed by atoms with Crippen molar-refractivity contribution in [2.45, 2.75) is 26.2 Å². The van der Waals surface area contributed by atoms with Gasteiger partial charge in [-0.05, 0) is 37.3 Å². The van der Waals surface area contributed by atoms with Gasteiger partial charge in [0, 0.05) is 32.9 Å². The second-order valence-electron chi connectivity index (χ2n) is 5.55. The summed E-state index contributed by atoms with van der Waals surface area (Å²) in [5, 5.41) is 10.9. The van der Waals surface area contributed by atoms with Gasteiger partial charge >= 0.3 is 0 Å². The Hall–Kier alpha value is -2.30. The van der Waals surface area contributed by atoms with Gasteiger partial charge in [-0.3, -0.25) is 9.67 Å². The minimum Gasteiger partial charge on any atom is -0.357 e. The van der Waals surface area contributed by atoms with Crippen molar-refractivity contribution in [1.29, 1.82) is 0 Å². The van der Waals surface area contributed by atoms with Crippen molar-refractivity contribution in [2.75, 3.05) is 19.6 Å². The molecule has 0 bridgehead atoms. The topological polar surface area (TPSA) is 54.2 Å². The van der Waals surface area contributed by atoms with Crippen molar-refractivity contribution >= 4 is 5.96 Å². The molecule has 0 spiro atoms. The first-order chi connectivity index (χ1) is 11.3. The molecule has 5 nitrogen and oxygen atoms in total. The second kappa shape index (κ2) is 9.66. The Morgan fingerprint density at radius 2 is 1.96 bits per heavy atom. The van der Waals surface area contributed by atoms with Crippen molar-refractivity contribution < 1.29 is 0 Å². The Morgan fingerprint density at radius 3 is 2.65 bits per heavy atom. The first-order valence-corrected chi connectivity index (χ1v) is 8.31. The number of aryl methyl sites for hydroxylation is 2. The quantitative estimate of drug-likeness (QED) is 0.446. The van der Waals surface area contributed by atoms with E-state index in [1.165, 1.54) is 11.1 Å². The molecule has 0 unspecified atom stereocenters. The third kappa shape index (κ3) is 6.55. The highest BCUT2D eigenvalue weighted by Gasteiger charge is 1.99. The number of benzene rings is 1. The molecule has 0 atom stereocenters. The van der Waals surface area contributed by atoms with Crippen LogP contribution < -0.4 is 10.6 Å². The van der Waals surface area contributed by atoms with Crippen LogP contribution in [0, 0.1) is 0 Å².